The molecule has 0 aromatic heterocycles. The minimum absolute atomic E-state index is 0. The molecule has 110 valence electrons. The van der Waals surface area contributed by atoms with E-state index in [9.17, 15) is 13.0 Å². The molecule has 0 saturated carbocycles. The molecule has 0 aliphatic heterocycles. The monoisotopic (exact) mass is 315 g/mol. The predicted molar refractivity (Wildman–Crippen MR) is 72.0 cm³/mol. The molecule has 1 rings (SSSR count). The molecular weight excluding hydrogens is 300 g/mol. The standard InChI is InChI=1S/C11H15F2NO3S.ClH/c1-16-8-6-10(18(15)11(12)13)9(17-2)5-7(8)3-4-14;/h5-6,11H,3-4,14H2,1-2H3;1H. The summed E-state index contributed by atoms with van der Waals surface area (Å²) in [6.45, 7) is 0.386. The van der Waals surface area contributed by atoms with Crippen molar-refractivity contribution in [2.24, 2.45) is 5.73 Å². The van der Waals surface area contributed by atoms with Gasteiger partial charge in [-0.05, 0) is 24.6 Å². The maximum Gasteiger partial charge on any atom is 0.316 e. The molecule has 0 saturated heterocycles. The molecule has 0 aliphatic rings. The van der Waals surface area contributed by atoms with Crippen LogP contribution in [0.15, 0.2) is 17.0 Å². The molecule has 1 aromatic carbocycles. The molecule has 0 aliphatic carbocycles. The largest absolute Gasteiger partial charge is 0.496 e. The van der Waals surface area contributed by atoms with E-state index in [4.69, 9.17) is 15.2 Å². The van der Waals surface area contributed by atoms with Crippen LogP contribution >= 0.6 is 12.4 Å². The van der Waals surface area contributed by atoms with Crippen LogP contribution in [0, 0.1) is 0 Å². The summed E-state index contributed by atoms with van der Waals surface area (Å²) >= 11 is 0. The van der Waals surface area contributed by atoms with Crippen LogP contribution in [-0.4, -0.2) is 30.7 Å². The smallest absolute Gasteiger partial charge is 0.316 e. The van der Waals surface area contributed by atoms with Gasteiger partial charge in [0.05, 0.1) is 19.1 Å². The minimum atomic E-state index is -2.97. The Kier molecular flexibility index (Phi) is 7.89. The number of hydrogen-bond donors (Lipinski definition) is 1. The lowest BCUT2D eigenvalue weighted by molar-refractivity contribution is 0.243. The lowest BCUT2D eigenvalue weighted by Crippen LogP contribution is -2.08. The zero-order valence-corrected chi connectivity index (χ0v) is 12.2. The van der Waals surface area contributed by atoms with Crippen LogP contribution in [0.2, 0.25) is 0 Å². The van der Waals surface area contributed by atoms with Gasteiger partial charge in [-0.1, -0.05) is 0 Å². The van der Waals surface area contributed by atoms with E-state index in [-0.39, 0.29) is 23.1 Å². The fourth-order valence-electron chi connectivity index (χ4n) is 1.54. The quantitative estimate of drug-likeness (QED) is 0.871. The summed E-state index contributed by atoms with van der Waals surface area (Å²) in [5.41, 5.74) is 6.17. The number of methoxy groups -OCH3 is 2. The lowest BCUT2D eigenvalue weighted by atomic mass is 10.1. The van der Waals surface area contributed by atoms with Crippen LogP contribution < -0.4 is 15.2 Å². The Labute approximate surface area is 119 Å². The van der Waals surface area contributed by atoms with Gasteiger partial charge in [-0.15, -0.1) is 12.4 Å². The average Bonchev–Trinajstić information content (AvgIpc) is 2.37. The zero-order chi connectivity index (χ0) is 13.7. The first-order valence-corrected chi connectivity index (χ1v) is 6.40. The number of rotatable bonds is 6. The first-order chi connectivity index (χ1) is 8.54. The Balaban J connectivity index is 0.00000324. The van der Waals surface area contributed by atoms with Crippen LogP contribution in [-0.2, 0) is 17.2 Å². The third-order valence-electron chi connectivity index (χ3n) is 2.36. The molecule has 2 N–H and O–H groups in total. The number of nitrogens with two attached hydrogens (primary N) is 1. The third-order valence-corrected chi connectivity index (χ3v) is 3.44. The second-order valence-electron chi connectivity index (χ2n) is 3.41. The fraction of sp³-hybridized carbons (Fsp3) is 0.455. The van der Waals surface area contributed by atoms with Crippen LogP contribution in [0.25, 0.3) is 0 Å². The van der Waals surface area contributed by atoms with Crippen molar-refractivity contribution in [2.75, 3.05) is 20.8 Å². The normalized spacial score (nSPS) is 11.9. The highest BCUT2D eigenvalue weighted by atomic mass is 35.5. The molecule has 1 aromatic rings. The van der Waals surface area contributed by atoms with Crippen molar-refractivity contribution < 1.29 is 22.5 Å². The van der Waals surface area contributed by atoms with E-state index in [1.165, 1.54) is 26.4 Å². The predicted octanol–water partition coefficient (Wildman–Crippen LogP) is 1.96. The minimum Gasteiger partial charge on any atom is -0.496 e. The first-order valence-electron chi connectivity index (χ1n) is 5.18. The molecule has 0 radical (unpaired) electrons. The Morgan fingerprint density at radius 1 is 1.26 bits per heavy atom. The molecule has 0 bridgehead atoms. The Hall–Kier alpha value is -0.920. The van der Waals surface area contributed by atoms with Crippen LogP contribution in [0.5, 0.6) is 11.5 Å². The van der Waals surface area contributed by atoms with Gasteiger partial charge in [-0.2, -0.15) is 8.78 Å². The highest BCUT2D eigenvalue weighted by Gasteiger charge is 2.22. The van der Waals surface area contributed by atoms with Gasteiger partial charge in [-0.25, -0.2) is 4.21 Å². The first kappa shape index (κ1) is 18.1. The number of hydrogen-bond acceptors (Lipinski definition) is 4. The van der Waals surface area contributed by atoms with E-state index in [1.54, 1.807) is 0 Å². The van der Waals surface area contributed by atoms with E-state index in [0.29, 0.717) is 18.7 Å². The molecule has 0 amide bonds. The zero-order valence-electron chi connectivity index (χ0n) is 10.5. The molecule has 4 nitrogen and oxygen atoms in total. The van der Waals surface area contributed by atoms with Crippen molar-refractivity contribution in [3.8, 4) is 11.5 Å². The van der Waals surface area contributed by atoms with Crippen molar-refractivity contribution in [3.05, 3.63) is 17.7 Å². The van der Waals surface area contributed by atoms with E-state index in [1.807, 2.05) is 0 Å². The van der Waals surface area contributed by atoms with Crippen LogP contribution in [0.1, 0.15) is 5.56 Å². The summed E-state index contributed by atoms with van der Waals surface area (Å²) in [6, 6.07) is 2.84. The van der Waals surface area contributed by atoms with Crippen molar-refractivity contribution in [3.63, 3.8) is 0 Å². The molecule has 19 heavy (non-hydrogen) atoms. The SMILES string of the molecule is COc1cc(S(=O)C(F)F)c(OC)cc1CCN.Cl. The molecule has 0 spiro atoms. The van der Waals surface area contributed by atoms with E-state index >= 15 is 0 Å². The van der Waals surface area contributed by atoms with Gasteiger partial charge in [0, 0.05) is 6.07 Å². The Morgan fingerprint density at radius 2 is 1.84 bits per heavy atom. The van der Waals surface area contributed by atoms with Crippen molar-refractivity contribution in [1.82, 2.24) is 0 Å². The van der Waals surface area contributed by atoms with Gasteiger partial charge in [0.2, 0.25) is 0 Å². The maximum atomic E-state index is 12.5. The highest BCUT2D eigenvalue weighted by molar-refractivity contribution is 7.85. The van der Waals surface area contributed by atoms with Gasteiger partial charge in [-0.3, -0.25) is 0 Å². The summed E-state index contributed by atoms with van der Waals surface area (Å²) in [7, 11) is 0.307. The van der Waals surface area contributed by atoms with E-state index in [0.717, 1.165) is 5.56 Å². The van der Waals surface area contributed by atoms with Crippen molar-refractivity contribution >= 4 is 23.2 Å². The van der Waals surface area contributed by atoms with Crippen LogP contribution in [0.3, 0.4) is 0 Å². The van der Waals surface area contributed by atoms with Gasteiger partial charge >= 0.3 is 5.76 Å². The third kappa shape index (κ3) is 4.29. The van der Waals surface area contributed by atoms with Gasteiger partial charge in [0.25, 0.3) is 0 Å². The van der Waals surface area contributed by atoms with Gasteiger partial charge < -0.3 is 15.2 Å². The molecule has 0 fully saturated rings. The van der Waals surface area contributed by atoms with Gasteiger partial charge in [0.1, 0.15) is 22.3 Å². The van der Waals surface area contributed by atoms with Crippen molar-refractivity contribution in [1.29, 1.82) is 0 Å². The maximum absolute atomic E-state index is 12.5. The highest BCUT2D eigenvalue weighted by Crippen LogP contribution is 2.32. The second-order valence-corrected chi connectivity index (χ2v) is 4.80. The van der Waals surface area contributed by atoms with Crippen molar-refractivity contribution in [2.45, 2.75) is 17.1 Å². The average molecular weight is 316 g/mol. The summed E-state index contributed by atoms with van der Waals surface area (Å²) in [6.07, 6.45) is 0.515. The number of benzene rings is 1. The van der Waals surface area contributed by atoms with Gasteiger partial charge in [0.15, 0.2) is 0 Å². The molecule has 0 heterocycles. The van der Waals surface area contributed by atoms with E-state index in [2.05, 4.69) is 0 Å². The Morgan fingerprint density at radius 3 is 2.26 bits per heavy atom. The fourth-order valence-corrected chi connectivity index (χ4v) is 2.29. The summed E-state index contributed by atoms with van der Waals surface area (Å²) in [5.74, 6) is -2.44. The topological polar surface area (TPSA) is 61.5 Å². The lowest BCUT2D eigenvalue weighted by Gasteiger charge is -2.14. The summed E-state index contributed by atoms with van der Waals surface area (Å²) in [4.78, 5) is -0.0786. The number of halogens is 3. The van der Waals surface area contributed by atoms with Crippen LogP contribution in [0.4, 0.5) is 8.78 Å². The number of ether oxygens (including phenoxy) is 2. The second kappa shape index (κ2) is 8.29. The molecule has 1 atom stereocenters. The van der Waals surface area contributed by atoms with E-state index < -0.39 is 16.6 Å². The molecular formula is C11H16ClF2NO3S. The molecule has 1 unspecified atom stereocenters. The number of alkyl halides is 2. The summed E-state index contributed by atoms with van der Waals surface area (Å²) in [5, 5.41) is 0. The summed E-state index contributed by atoms with van der Waals surface area (Å²) < 4.78 is 46.5. The Bertz CT molecular complexity index is 446. The molecule has 8 heteroatoms.